The normalized spacial score (nSPS) is 15.8. The van der Waals surface area contributed by atoms with Gasteiger partial charge in [0.25, 0.3) is 0 Å². The molecule has 0 aromatic carbocycles. The molecular weight excluding hydrogens is 306 g/mol. The minimum Gasteiger partial charge on any atom is -1.00 e. The molecule has 0 N–H and O–H groups in total. The number of hydrogen-bond acceptors (Lipinski definition) is 1. The van der Waals surface area contributed by atoms with Crippen molar-refractivity contribution < 1.29 is 32.9 Å². The zero-order valence-electron chi connectivity index (χ0n) is 9.81. The van der Waals surface area contributed by atoms with E-state index in [1.807, 2.05) is 9.48 Å². The summed E-state index contributed by atoms with van der Waals surface area (Å²) in [5, 5.41) is 0. The van der Waals surface area contributed by atoms with Gasteiger partial charge in [-0.2, -0.15) is 0 Å². The van der Waals surface area contributed by atoms with Gasteiger partial charge in [-0.05, 0) is 12.8 Å². The standard InChI is InChI=1S/C11H22FN2.HI/c1-3-5-7-13-9-10-14(11(13)12)8-6-4-2;/h3-10H2,1-2H3;1H/q+1;/p-1. The molecule has 0 aliphatic carbocycles. The monoisotopic (exact) mass is 328 g/mol. The van der Waals surface area contributed by atoms with Gasteiger partial charge in [0.1, 0.15) is 13.1 Å². The maximum absolute atomic E-state index is 13.7. The van der Waals surface area contributed by atoms with Crippen LogP contribution in [0.2, 0.25) is 0 Å². The Kier molecular flexibility index (Phi) is 8.37. The molecule has 0 saturated carbocycles. The average molecular weight is 328 g/mol. The minimum atomic E-state index is 0. The Hall–Kier alpha value is 0.130. The second kappa shape index (κ2) is 8.30. The van der Waals surface area contributed by atoms with Crippen LogP contribution in [0.1, 0.15) is 39.5 Å². The summed E-state index contributed by atoms with van der Waals surface area (Å²) in [4.78, 5) is 1.87. The Morgan fingerprint density at radius 1 is 1.27 bits per heavy atom. The van der Waals surface area contributed by atoms with E-state index in [0.29, 0.717) is 0 Å². The molecule has 0 atom stereocenters. The van der Waals surface area contributed by atoms with Gasteiger partial charge in [0, 0.05) is 0 Å². The van der Waals surface area contributed by atoms with Crippen molar-refractivity contribution in [3.05, 3.63) is 0 Å². The number of hydrogen-bond donors (Lipinski definition) is 0. The largest absolute Gasteiger partial charge is 1.00 e. The number of halogens is 2. The lowest BCUT2D eigenvalue weighted by molar-refractivity contribution is -0.523. The third kappa shape index (κ3) is 4.66. The summed E-state index contributed by atoms with van der Waals surface area (Å²) in [5.41, 5.74) is 0. The number of amidine groups is 1. The first-order chi connectivity index (χ1) is 6.79. The van der Waals surface area contributed by atoms with Gasteiger partial charge in [0.05, 0.1) is 13.1 Å². The van der Waals surface area contributed by atoms with Crippen molar-refractivity contribution in [2.24, 2.45) is 0 Å². The molecule has 0 fully saturated rings. The molecule has 0 unspecified atom stereocenters. The molecular formula is C11H22FIN2. The van der Waals surface area contributed by atoms with Gasteiger partial charge in [0.15, 0.2) is 0 Å². The summed E-state index contributed by atoms with van der Waals surface area (Å²) in [6, 6.07) is 0. The highest BCUT2D eigenvalue weighted by Crippen LogP contribution is 2.06. The lowest BCUT2D eigenvalue weighted by Gasteiger charge is -2.05. The molecule has 90 valence electrons. The molecule has 15 heavy (non-hydrogen) atoms. The summed E-state index contributed by atoms with van der Waals surface area (Å²) in [5.74, 6) is 0. The molecule has 1 aliphatic rings. The third-order valence-corrected chi connectivity index (χ3v) is 2.72. The third-order valence-electron chi connectivity index (χ3n) is 2.72. The summed E-state index contributed by atoms with van der Waals surface area (Å²) >= 11 is 0. The van der Waals surface area contributed by atoms with Crippen LogP contribution in [0.3, 0.4) is 0 Å². The van der Waals surface area contributed by atoms with Crippen molar-refractivity contribution in [1.29, 1.82) is 0 Å². The smallest absolute Gasteiger partial charge is 0.436 e. The van der Waals surface area contributed by atoms with Gasteiger partial charge < -0.3 is 24.0 Å². The van der Waals surface area contributed by atoms with Crippen LogP contribution in [0, 0.1) is 0 Å². The van der Waals surface area contributed by atoms with Crippen LogP contribution in [-0.2, 0) is 0 Å². The Labute approximate surface area is 110 Å². The molecule has 0 aromatic heterocycles. The highest BCUT2D eigenvalue weighted by Gasteiger charge is 2.29. The van der Waals surface area contributed by atoms with Gasteiger partial charge >= 0.3 is 6.09 Å². The van der Waals surface area contributed by atoms with E-state index in [4.69, 9.17) is 0 Å². The van der Waals surface area contributed by atoms with Crippen LogP contribution < -0.4 is 24.0 Å². The fourth-order valence-corrected chi connectivity index (χ4v) is 1.73. The average Bonchev–Trinajstić information content (AvgIpc) is 2.54. The summed E-state index contributed by atoms with van der Waals surface area (Å²) in [7, 11) is 0. The fraction of sp³-hybridized carbons (Fsp3) is 0.909. The second-order valence-electron chi connectivity index (χ2n) is 3.95. The molecule has 0 amide bonds. The van der Waals surface area contributed by atoms with Gasteiger partial charge in [-0.3, -0.25) is 0 Å². The summed E-state index contributed by atoms with van der Waals surface area (Å²) in [6.07, 6.45) is 4.47. The van der Waals surface area contributed by atoms with Gasteiger partial charge in [-0.1, -0.05) is 26.7 Å². The van der Waals surface area contributed by atoms with Crippen LogP contribution in [0.5, 0.6) is 0 Å². The number of unbranched alkanes of at least 4 members (excludes halogenated alkanes) is 2. The quantitative estimate of drug-likeness (QED) is 0.353. The van der Waals surface area contributed by atoms with E-state index in [2.05, 4.69) is 13.8 Å². The van der Waals surface area contributed by atoms with E-state index in [-0.39, 0.29) is 30.1 Å². The predicted molar refractivity (Wildman–Crippen MR) is 57.5 cm³/mol. The lowest BCUT2D eigenvalue weighted by Crippen LogP contribution is -3.00. The van der Waals surface area contributed by atoms with Crippen LogP contribution in [0.25, 0.3) is 0 Å². The van der Waals surface area contributed by atoms with Gasteiger partial charge in [0.2, 0.25) is 0 Å². The number of rotatable bonds is 6. The van der Waals surface area contributed by atoms with Gasteiger partial charge in [-0.25, -0.2) is 9.48 Å². The maximum atomic E-state index is 13.7. The Bertz CT molecular complexity index is 207. The lowest BCUT2D eigenvalue weighted by atomic mass is 10.3. The van der Waals surface area contributed by atoms with Crippen LogP contribution >= 0.6 is 0 Å². The highest BCUT2D eigenvalue weighted by molar-refractivity contribution is 5.68. The zero-order valence-corrected chi connectivity index (χ0v) is 12.0. The van der Waals surface area contributed by atoms with Crippen molar-refractivity contribution in [3.8, 4) is 0 Å². The first-order valence-corrected chi connectivity index (χ1v) is 5.82. The molecule has 4 heteroatoms. The van der Waals surface area contributed by atoms with E-state index < -0.39 is 0 Å². The molecule has 1 rings (SSSR count). The summed E-state index contributed by atoms with van der Waals surface area (Å²) in [6.45, 7) is 7.78. The molecule has 0 radical (unpaired) electrons. The van der Waals surface area contributed by atoms with Gasteiger partial charge in [-0.15, -0.1) is 4.39 Å². The van der Waals surface area contributed by atoms with Crippen LogP contribution in [0.4, 0.5) is 4.39 Å². The van der Waals surface area contributed by atoms with E-state index in [1.54, 1.807) is 0 Å². The topological polar surface area (TPSA) is 6.25 Å². The van der Waals surface area contributed by atoms with Crippen molar-refractivity contribution in [1.82, 2.24) is 4.90 Å². The van der Waals surface area contributed by atoms with E-state index in [9.17, 15) is 4.39 Å². The first kappa shape index (κ1) is 15.1. The van der Waals surface area contributed by atoms with Crippen molar-refractivity contribution in [3.63, 3.8) is 0 Å². The first-order valence-electron chi connectivity index (χ1n) is 5.82. The van der Waals surface area contributed by atoms with E-state index >= 15 is 0 Å². The van der Waals surface area contributed by atoms with Crippen molar-refractivity contribution in [2.45, 2.75) is 39.5 Å². The zero-order chi connectivity index (χ0) is 10.4. The number of nitrogens with zero attached hydrogens (tertiary/aromatic N) is 2. The molecule has 1 aliphatic heterocycles. The van der Waals surface area contributed by atoms with E-state index in [0.717, 1.165) is 51.9 Å². The Morgan fingerprint density at radius 2 is 1.93 bits per heavy atom. The Morgan fingerprint density at radius 3 is 2.53 bits per heavy atom. The van der Waals surface area contributed by atoms with Crippen LogP contribution in [-0.4, -0.2) is 41.7 Å². The molecule has 0 saturated heterocycles. The molecule has 0 bridgehead atoms. The van der Waals surface area contributed by atoms with Crippen molar-refractivity contribution in [2.75, 3.05) is 26.2 Å². The second-order valence-corrected chi connectivity index (χ2v) is 3.95. The van der Waals surface area contributed by atoms with E-state index in [1.165, 1.54) is 0 Å². The van der Waals surface area contributed by atoms with Crippen molar-refractivity contribution >= 4 is 6.09 Å². The maximum Gasteiger partial charge on any atom is 0.436 e. The summed E-state index contributed by atoms with van der Waals surface area (Å²) < 4.78 is 15.5. The Balaban J connectivity index is 0.00000196. The SMILES string of the molecule is CCCCN1CC[N+](CCCC)=C1F.[I-]. The molecule has 0 aromatic rings. The molecule has 0 spiro atoms. The van der Waals surface area contributed by atoms with Crippen LogP contribution in [0.15, 0.2) is 0 Å². The fourth-order valence-electron chi connectivity index (χ4n) is 1.73. The minimum absolute atomic E-state index is 0. The predicted octanol–water partition coefficient (Wildman–Crippen LogP) is -0.756. The molecule has 2 nitrogen and oxygen atoms in total. The molecule has 1 heterocycles. The highest BCUT2D eigenvalue weighted by atomic mass is 127.